The first-order valence-corrected chi connectivity index (χ1v) is 2.34. The molecule has 0 fully saturated rings. The van der Waals surface area contributed by atoms with Crippen molar-refractivity contribution < 1.29 is 4.79 Å². The molecular formula is C5H4N2O2. The van der Waals surface area contributed by atoms with Gasteiger partial charge in [-0.1, -0.05) is 0 Å². The molecule has 46 valence electrons. The summed E-state index contributed by atoms with van der Waals surface area (Å²) in [6, 6.07) is 3.08. The number of aromatic nitrogens is 1. The van der Waals surface area contributed by atoms with Gasteiger partial charge < -0.3 is 0 Å². The molecule has 4 heteroatoms. The lowest BCUT2D eigenvalue weighted by atomic mass is 10.5. The summed E-state index contributed by atoms with van der Waals surface area (Å²) in [5.74, 6) is 0. The lowest BCUT2D eigenvalue weighted by molar-refractivity contribution is 0.111. The Bertz CT molecular complexity index is 206. The van der Waals surface area contributed by atoms with Gasteiger partial charge in [0.25, 0.3) is 0 Å². The second kappa shape index (κ2) is 2.21. The van der Waals surface area contributed by atoms with Crippen molar-refractivity contribution in [1.82, 2.24) is 4.68 Å². The van der Waals surface area contributed by atoms with Gasteiger partial charge in [-0.3, -0.25) is 4.79 Å². The van der Waals surface area contributed by atoms with Gasteiger partial charge in [0.1, 0.15) is 5.69 Å². The molecule has 0 aliphatic heterocycles. The van der Waals surface area contributed by atoms with E-state index in [4.69, 9.17) is 0 Å². The van der Waals surface area contributed by atoms with E-state index in [1.54, 1.807) is 6.07 Å². The van der Waals surface area contributed by atoms with Gasteiger partial charge in [-0.25, -0.2) is 4.68 Å². The third kappa shape index (κ3) is 0.861. The van der Waals surface area contributed by atoms with Crippen molar-refractivity contribution in [1.29, 1.82) is 0 Å². The summed E-state index contributed by atoms with van der Waals surface area (Å²) in [7, 11) is 0. The fraction of sp³-hybridized carbons (Fsp3) is 0. The third-order valence-corrected chi connectivity index (χ3v) is 0.968. The number of nitroso groups, excluding NO2 is 1. The number of carbonyl (C=O) groups excluding carboxylic acids is 1. The van der Waals surface area contributed by atoms with E-state index in [9.17, 15) is 9.70 Å². The SMILES string of the molecule is O=Cc1cccn1N=O. The Labute approximate surface area is 51.0 Å². The van der Waals surface area contributed by atoms with Crippen LogP contribution in [0, 0.1) is 4.91 Å². The quantitative estimate of drug-likeness (QED) is 0.433. The second-order valence-electron chi connectivity index (χ2n) is 1.48. The summed E-state index contributed by atoms with van der Waals surface area (Å²) in [6.07, 6.45) is 1.98. The number of rotatable bonds is 2. The molecule has 0 aromatic carbocycles. The molecular weight excluding hydrogens is 120 g/mol. The van der Waals surface area contributed by atoms with Gasteiger partial charge in [0, 0.05) is 6.20 Å². The largest absolute Gasteiger partial charge is 0.296 e. The van der Waals surface area contributed by atoms with Crippen LogP contribution >= 0.6 is 0 Å². The van der Waals surface area contributed by atoms with E-state index in [1.807, 2.05) is 0 Å². The summed E-state index contributed by atoms with van der Waals surface area (Å²) >= 11 is 0. The number of hydrogen-bond donors (Lipinski definition) is 0. The molecule has 0 atom stereocenters. The first-order valence-electron chi connectivity index (χ1n) is 2.34. The number of hydrogen-bond acceptors (Lipinski definition) is 3. The zero-order valence-electron chi connectivity index (χ0n) is 4.52. The zero-order chi connectivity index (χ0) is 6.69. The Morgan fingerprint density at radius 2 is 2.44 bits per heavy atom. The number of aldehydes is 1. The first-order chi connectivity index (χ1) is 4.38. The molecule has 1 heterocycles. The molecule has 0 amide bonds. The second-order valence-corrected chi connectivity index (χ2v) is 1.48. The fourth-order valence-corrected chi connectivity index (χ4v) is 0.553. The average Bonchev–Trinajstić information content (AvgIpc) is 2.33. The van der Waals surface area contributed by atoms with Gasteiger partial charge in [-0.2, -0.15) is 0 Å². The smallest absolute Gasteiger partial charge is 0.168 e. The highest BCUT2D eigenvalue weighted by Gasteiger charge is 1.94. The van der Waals surface area contributed by atoms with Crippen LogP contribution in [0.2, 0.25) is 0 Å². The minimum Gasteiger partial charge on any atom is -0.296 e. The van der Waals surface area contributed by atoms with Crippen LogP contribution in [0.5, 0.6) is 0 Å². The van der Waals surface area contributed by atoms with E-state index in [2.05, 4.69) is 5.29 Å². The van der Waals surface area contributed by atoms with Crippen LogP contribution < -0.4 is 0 Å². The summed E-state index contributed by atoms with van der Waals surface area (Å²) in [6.45, 7) is 0. The highest BCUT2D eigenvalue weighted by atomic mass is 16.3. The van der Waals surface area contributed by atoms with Gasteiger partial charge >= 0.3 is 0 Å². The van der Waals surface area contributed by atoms with Crippen molar-refractivity contribution >= 4 is 6.29 Å². The summed E-state index contributed by atoms with van der Waals surface area (Å²) < 4.78 is 0.965. The first kappa shape index (κ1) is 5.68. The van der Waals surface area contributed by atoms with E-state index < -0.39 is 0 Å². The molecule has 4 nitrogen and oxygen atoms in total. The molecule has 1 aromatic heterocycles. The Balaban J connectivity index is 3.12. The topological polar surface area (TPSA) is 51.4 Å². The van der Waals surface area contributed by atoms with Crippen molar-refractivity contribution in [3.63, 3.8) is 0 Å². The summed E-state index contributed by atoms with van der Waals surface area (Å²) in [5.41, 5.74) is 0.269. The van der Waals surface area contributed by atoms with E-state index in [0.29, 0.717) is 6.29 Å². The molecule has 1 aromatic rings. The standard InChI is InChI=1S/C5H4N2O2/c8-4-5-2-1-3-7(5)6-9/h1-4H. The lowest BCUT2D eigenvalue weighted by Crippen LogP contribution is -1.89. The van der Waals surface area contributed by atoms with E-state index in [1.165, 1.54) is 12.3 Å². The lowest BCUT2D eigenvalue weighted by Gasteiger charge is -1.85. The highest BCUT2D eigenvalue weighted by Crippen LogP contribution is 1.96. The van der Waals surface area contributed by atoms with Crippen LogP contribution in [0.4, 0.5) is 0 Å². The average molecular weight is 124 g/mol. The Hall–Kier alpha value is -1.45. The third-order valence-electron chi connectivity index (χ3n) is 0.968. The minimum atomic E-state index is 0.269. The van der Waals surface area contributed by atoms with Crippen molar-refractivity contribution in [3.8, 4) is 0 Å². The maximum atomic E-state index is 10.0. The maximum Gasteiger partial charge on any atom is 0.168 e. The fourth-order valence-electron chi connectivity index (χ4n) is 0.553. The van der Waals surface area contributed by atoms with E-state index >= 15 is 0 Å². The van der Waals surface area contributed by atoms with Crippen molar-refractivity contribution in [2.45, 2.75) is 0 Å². The zero-order valence-corrected chi connectivity index (χ0v) is 4.52. The maximum absolute atomic E-state index is 10.0. The van der Waals surface area contributed by atoms with Crippen molar-refractivity contribution in [2.24, 2.45) is 5.29 Å². The van der Waals surface area contributed by atoms with Gasteiger partial charge in [0.15, 0.2) is 6.29 Å². The Morgan fingerprint density at radius 3 is 2.89 bits per heavy atom. The number of nitrogens with zero attached hydrogens (tertiary/aromatic N) is 2. The molecule has 0 saturated carbocycles. The normalized spacial score (nSPS) is 8.89. The van der Waals surface area contributed by atoms with Crippen LogP contribution in [0.3, 0.4) is 0 Å². The van der Waals surface area contributed by atoms with Gasteiger partial charge in [0.05, 0.1) is 5.29 Å². The molecule has 9 heavy (non-hydrogen) atoms. The Kier molecular flexibility index (Phi) is 1.40. The van der Waals surface area contributed by atoms with Crippen LogP contribution in [0.15, 0.2) is 23.6 Å². The highest BCUT2D eigenvalue weighted by molar-refractivity contribution is 5.72. The van der Waals surface area contributed by atoms with Crippen molar-refractivity contribution in [3.05, 3.63) is 28.9 Å². The van der Waals surface area contributed by atoms with Crippen LogP contribution in [0.1, 0.15) is 10.5 Å². The molecule has 0 saturated heterocycles. The van der Waals surface area contributed by atoms with Gasteiger partial charge in [0.2, 0.25) is 0 Å². The van der Waals surface area contributed by atoms with Gasteiger partial charge in [-0.05, 0) is 12.1 Å². The Morgan fingerprint density at radius 1 is 1.67 bits per heavy atom. The van der Waals surface area contributed by atoms with Crippen molar-refractivity contribution in [2.75, 3.05) is 0 Å². The molecule has 0 unspecified atom stereocenters. The molecule has 0 radical (unpaired) electrons. The predicted octanol–water partition coefficient (Wildman–Crippen LogP) is 0.830. The molecule has 0 N–H and O–H groups in total. The molecule has 1 rings (SSSR count). The summed E-state index contributed by atoms with van der Waals surface area (Å²) in [5, 5.41) is 2.54. The van der Waals surface area contributed by atoms with E-state index in [-0.39, 0.29) is 5.69 Å². The molecule has 0 aliphatic carbocycles. The molecule has 0 spiro atoms. The molecule has 0 bridgehead atoms. The summed E-state index contributed by atoms with van der Waals surface area (Å²) in [4.78, 5) is 19.8. The minimum absolute atomic E-state index is 0.269. The van der Waals surface area contributed by atoms with E-state index in [0.717, 1.165) is 4.68 Å². The predicted molar refractivity (Wildman–Crippen MR) is 31.0 cm³/mol. The monoisotopic (exact) mass is 124 g/mol. The van der Waals surface area contributed by atoms with Crippen LogP contribution in [0.25, 0.3) is 0 Å². The van der Waals surface area contributed by atoms with Gasteiger partial charge in [-0.15, -0.1) is 4.91 Å². The molecule has 0 aliphatic rings. The number of carbonyl (C=O) groups is 1. The van der Waals surface area contributed by atoms with Crippen LogP contribution in [-0.4, -0.2) is 11.0 Å². The van der Waals surface area contributed by atoms with Crippen LogP contribution in [-0.2, 0) is 0 Å².